The standard InChI is InChI=1S/C23H26N6OS/c1-16-24-20(14-28(16)13-18-15-31-17(2)25-18)22-12-19(21-6-4-5-7-29(21)22)23(30)27-10-8-26(3)9-11-27/h4-7,12,14-15H,8-11,13H2,1-3H3. The van der Waals surface area contributed by atoms with Gasteiger partial charge in [-0.15, -0.1) is 11.3 Å². The van der Waals surface area contributed by atoms with Crippen LogP contribution in [0.3, 0.4) is 0 Å². The van der Waals surface area contributed by atoms with Gasteiger partial charge in [0.15, 0.2) is 0 Å². The lowest BCUT2D eigenvalue weighted by molar-refractivity contribution is 0.0666. The van der Waals surface area contributed by atoms with E-state index in [1.807, 2.05) is 49.2 Å². The van der Waals surface area contributed by atoms with E-state index in [1.165, 1.54) is 0 Å². The molecule has 1 saturated heterocycles. The Morgan fingerprint density at radius 2 is 1.94 bits per heavy atom. The summed E-state index contributed by atoms with van der Waals surface area (Å²) >= 11 is 1.66. The Balaban J connectivity index is 1.51. The maximum Gasteiger partial charge on any atom is 0.256 e. The minimum absolute atomic E-state index is 0.0946. The summed E-state index contributed by atoms with van der Waals surface area (Å²) in [5.74, 6) is 1.02. The zero-order valence-electron chi connectivity index (χ0n) is 18.1. The van der Waals surface area contributed by atoms with Crippen molar-refractivity contribution in [3.8, 4) is 11.4 Å². The van der Waals surface area contributed by atoms with Crippen molar-refractivity contribution >= 4 is 22.8 Å². The second-order valence-electron chi connectivity index (χ2n) is 8.15. The Bertz CT molecular complexity index is 1240. The zero-order chi connectivity index (χ0) is 21.5. The number of aromatic nitrogens is 4. The number of carbonyl (C=O) groups is 1. The predicted molar refractivity (Wildman–Crippen MR) is 123 cm³/mol. The number of amides is 1. The Morgan fingerprint density at radius 3 is 2.68 bits per heavy atom. The van der Waals surface area contributed by atoms with Crippen molar-refractivity contribution in [2.45, 2.75) is 20.4 Å². The summed E-state index contributed by atoms with van der Waals surface area (Å²) < 4.78 is 4.19. The number of pyridine rings is 1. The molecule has 5 rings (SSSR count). The molecular weight excluding hydrogens is 408 g/mol. The van der Waals surface area contributed by atoms with Crippen LogP contribution in [0.4, 0.5) is 0 Å². The highest BCUT2D eigenvalue weighted by Crippen LogP contribution is 2.27. The smallest absolute Gasteiger partial charge is 0.256 e. The molecule has 5 heterocycles. The number of carbonyl (C=O) groups excluding carboxylic acids is 1. The number of nitrogens with zero attached hydrogens (tertiary/aromatic N) is 6. The summed E-state index contributed by atoms with van der Waals surface area (Å²) in [6.07, 6.45) is 4.06. The molecule has 0 bridgehead atoms. The molecule has 0 aliphatic carbocycles. The minimum Gasteiger partial charge on any atom is -0.336 e. The van der Waals surface area contributed by atoms with Gasteiger partial charge in [0.1, 0.15) is 11.5 Å². The van der Waals surface area contributed by atoms with Crippen LogP contribution in [0.5, 0.6) is 0 Å². The van der Waals surface area contributed by atoms with E-state index in [2.05, 4.69) is 37.5 Å². The number of likely N-dealkylation sites (N-methyl/N-ethyl adjacent to an activating group) is 1. The number of imidazole rings is 1. The lowest BCUT2D eigenvalue weighted by Gasteiger charge is -2.32. The maximum absolute atomic E-state index is 13.3. The molecule has 4 aromatic rings. The van der Waals surface area contributed by atoms with E-state index in [-0.39, 0.29) is 5.91 Å². The molecule has 0 saturated carbocycles. The topological polar surface area (TPSA) is 58.7 Å². The van der Waals surface area contributed by atoms with Crippen LogP contribution in [0, 0.1) is 13.8 Å². The summed E-state index contributed by atoms with van der Waals surface area (Å²) in [6, 6.07) is 7.97. The SMILES string of the molecule is Cc1nc(Cn2cc(-c3cc(C(=O)N4CCN(C)CC4)c4ccccn34)nc2C)cs1. The normalized spacial score (nSPS) is 15.1. The maximum atomic E-state index is 13.3. The number of hydrogen-bond acceptors (Lipinski definition) is 5. The third kappa shape index (κ3) is 3.77. The van der Waals surface area contributed by atoms with Crippen molar-refractivity contribution < 1.29 is 4.79 Å². The molecule has 0 spiro atoms. The van der Waals surface area contributed by atoms with Crippen molar-refractivity contribution in [1.82, 2.24) is 28.7 Å². The number of hydrogen-bond donors (Lipinski definition) is 0. The second-order valence-corrected chi connectivity index (χ2v) is 9.22. The highest BCUT2D eigenvalue weighted by atomic mass is 32.1. The van der Waals surface area contributed by atoms with Gasteiger partial charge in [0.05, 0.1) is 34.0 Å². The first-order valence-corrected chi connectivity index (χ1v) is 11.4. The average Bonchev–Trinajstić information content (AvgIpc) is 3.45. The van der Waals surface area contributed by atoms with E-state index < -0.39 is 0 Å². The lowest BCUT2D eigenvalue weighted by Crippen LogP contribution is -2.47. The minimum atomic E-state index is 0.0946. The van der Waals surface area contributed by atoms with Crippen LogP contribution < -0.4 is 0 Å². The van der Waals surface area contributed by atoms with Gasteiger partial charge in [-0.1, -0.05) is 6.07 Å². The van der Waals surface area contributed by atoms with Crippen molar-refractivity contribution in [2.24, 2.45) is 0 Å². The van der Waals surface area contributed by atoms with Crippen molar-refractivity contribution in [3.63, 3.8) is 0 Å². The molecule has 31 heavy (non-hydrogen) atoms. The summed E-state index contributed by atoms with van der Waals surface area (Å²) in [4.78, 5) is 26.9. The van der Waals surface area contributed by atoms with Gasteiger partial charge in [0.25, 0.3) is 5.91 Å². The van der Waals surface area contributed by atoms with E-state index in [0.29, 0.717) is 6.54 Å². The Labute approximate surface area is 185 Å². The van der Waals surface area contributed by atoms with Gasteiger partial charge < -0.3 is 18.8 Å². The first kappa shape index (κ1) is 20.0. The van der Waals surface area contributed by atoms with Crippen LogP contribution in [-0.4, -0.2) is 67.9 Å². The third-order valence-corrected chi connectivity index (χ3v) is 6.76. The van der Waals surface area contributed by atoms with E-state index in [1.54, 1.807) is 11.3 Å². The molecule has 1 fully saturated rings. The Morgan fingerprint density at radius 1 is 1.13 bits per heavy atom. The van der Waals surface area contributed by atoms with E-state index in [4.69, 9.17) is 4.98 Å². The fraction of sp³-hybridized carbons (Fsp3) is 0.348. The molecule has 1 aliphatic rings. The molecule has 4 aromatic heterocycles. The predicted octanol–water partition coefficient (Wildman–Crippen LogP) is 3.31. The van der Waals surface area contributed by atoms with Crippen LogP contribution in [0.1, 0.15) is 26.9 Å². The number of aryl methyl sites for hydroxylation is 2. The molecule has 0 atom stereocenters. The summed E-state index contributed by atoms with van der Waals surface area (Å²) in [7, 11) is 2.10. The molecule has 0 unspecified atom stereocenters. The third-order valence-electron chi connectivity index (χ3n) is 5.93. The van der Waals surface area contributed by atoms with Crippen LogP contribution in [0.2, 0.25) is 0 Å². The number of rotatable bonds is 4. The van der Waals surface area contributed by atoms with Gasteiger partial charge in [-0.2, -0.15) is 0 Å². The monoisotopic (exact) mass is 434 g/mol. The lowest BCUT2D eigenvalue weighted by atomic mass is 10.2. The molecule has 8 heteroatoms. The van der Waals surface area contributed by atoms with Gasteiger partial charge in [0.2, 0.25) is 0 Å². The molecule has 1 amide bonds. The van der Waals surface area contributed by atoms with Crippen molar-refractivity contribution in [3.05, 3.63) is 64.1 Å². The van der Waals surface area contributed by atoms with Gasteiger partial charge in [-0.3, -0.25) is 4.79 Å². The Hall–Kier alpha value is -2.97. The molecule has 1 aliphatic heterocycles. The summed E-state index contributed by atoms with van der Waals surface area (Å²) in [6.45, 7) is 8.06. The second kappa shape index (κ2) is 7.94. The molecule has 160 valence electrons. The van der Waals surface area contributed by atoms with Gasteiger partial charge in [-0.05, 0) is 39.1 Å². The molecule has 0 aromatic carbocycles. The van der Waals surface area contributed by atoms with Gasteiger partial charge in [0, 0.05) is 44.0 Å². The average molecular weight is 435 g/mol. The van der Waals surface area contributed by atoms with Crippen molar-refractivity contribution in [2.75, 3.05) is 33.2 Å². The highest BCUT2D eigenvalue weighted by molar-refractivity contribution is 7.09. The van der Waals surface area contributed by atoms with E-state index in [0.717, 1.165) is 65.2 Å². The fourth-order valence-corrected chi connectivity index (χ4v) is 4.75. The van der Waals surface area contributed by atoms with Crippen LogP contribution in [0.15, 0.2) is 42.0 Å². The summed E-state index contributed by atoms with van der Waals surface area (Å²) in [5, 5.41) is 3.16. The molecule has 0 N–H and O–H groups in total. The summed E-state index contributed by atoms with van der Waals surface area (Å²) in [5.41, 5.74) is 4.50. The largest absolute Gasteiger partial charge is 0.336 e. The quantitative estimate of drug-likeness (QED) is 0.495. The van der Waals surface area contributed by atoms with Crippen LogP contribution in [0.25, 0.3) is 16.9 Å². The first-order valence-electron chi connectivity index (χ1n) is 10.5. The highest BCUT2D eigenvalue weighted by Gasteiger charge is 2.25. The zero-order valence-corrected chi connectivity index (χ0v) is 18.9. The van der Waals surface area contributed by atoms with E-state index in [9.17, 15) is 4.79 Å². The van der Waals surface area contributed by atoms with Crippen LogP contribution >= 0.6 is 11.3 Å². The first-order chi connectivity index (χ1) is 15.0. The van der Waals surface area contributed by atoms with E-state index >= 15 is 0 Å². The number of fused-ring (bicyclic) bond motifs is 1. The Kier molecular flexibility index (Phi) is 5.11. The fourth-order valence-electron chi connectivity index (χ4n) is 4.15. The van der Waals surface area contributed by atoms with Crippen molar-refractivity contribution in [1.29, 1.82) is 0 Å². The van der Waals surface area contributed by atoms with Gasteiger partial charge >= 0.3 is 0 Å². The number of piperazine rings is 1. The number of thiazole rings is 1. The van der Waals surface area contributed by atoms with Gasteiger partial charge in [-0.25, -0.2) is 9.97 Å². The molecule has 0 radical (unpaired) electrons. The van der Waals surface area contributed by atoms with Crippen LogP contribution in [-0.2, 0) is 6.54 Å². The molecule has 7 nitrogen and oxygen atoms in total. The molecular formula is C23H26N6OS.